The molecule has 0 aromatic carbocycles. The normalized spacial score (nSPS) is 21.9. The van der Waals surface area contributed by atoms with Gasteiger partial charge in [-0.1, -0.05) is 0 Å². The number of likely N-dealkylation sites (tertiary alicyclic amines) is 1. The van der Waals surface area contributed by atoms with Gasteiger partial charge in [0.25, 0.3) is 5.91 Å². The van der Waals surface area contributed by atoms with Gasteiger partial charge in [-0.25, -0.2) is 14.4 Å². The van der Waals surface area contributed by atoms with Gasteiger partial charge in [0.2, 0.25) is 0 Å². The van der Waals surface area contributed by atoms with Crippen LogP contribution in [-0.2, 0) is 6.18 Å². The zero-order valence-corrected chi connectivity index (χ0v) is 17.1. The molecule has 1 saturated carbocycles. The minimum Gasteiger partial charge on any atom is -0.364 e. The van der Waals surface area contributed by atoms with E-state index in [0.717, 1.165) is 19.0 Å². The fourth-order valence-corrected chi connectivity index (χ4v) is 4.63. The number of hydrogen-bond donors (Lipinski definition) is 1. The molecule has 1 aliphatic heterocycles. The van der Waals surface area contributed by atoms with Gasteiger partial charge < -0.3 is 10.2 Å². The predicted molar refractivity (Wildman–Crippen MR) is 109 cm³/mol. The number of nitrogens with zero attached hydrogens (tertiary/aromatic N) is 5. The number of piperidine rings is 1. The number of anilines is 1. The summed E-state index contributed by atoms with van der Waals surface area (Å²) in [5.74, 6) is -0.412. The Morgan fingerprint density at radius 3 is 2.42 bits per heavy atom. The number of aromatic nitrogens is 4. The molecule has 11 heteroatoms. The summed E-state index contributed by atoms with van der Waals surface area (Å²) in [4.78, 5) is 30.7. The highest BCUT2D eigenvalue weighted by Crippen LogP contribution is 2.40. The van der Waals surface area contributed by atoms with E-state index >= 15 is 0 Å². The third-order valence-corrected chi connectivity index (χ3v) is 6.04. The van der Waals surface area contributed by atoms with E-state index in [4.69, 9.17) is 0 Å². The SMILES string of the molecule is O=C(c1cccnc1-c1ncccc1F)N1C[C@@H]2C[C@@H](Nc3cnc(C(F)(F)F)cn3)[C@@H]1C2. The molecule has 3 aromatic rings. The fourth-order valence-electron chi connectivity index (χ4n) is 4.63. The highest BCUT2D eigenvalue weighted by molar-refractivity contribution is 6.00. The highest BCUT2D eigenvalue weighted by Gasteiger charge is 2.47. The van der Waals surface area contributed by atoms with Crippen LogP contribution in [0, 0.1) is 11.7 Å². The zero-order chi connectivity index (χ0) is 23.2. The second kappa shape index (κ2) is 8.05. The molecule has 7 nitrogen and oxygen atoms in total. The second-order valence-corrected chi connectivity index (χ2v) is 8.13. The molecule has 1 N–H and O–H groups in total. The van der Waals surface area contributed by atoms with Crippen molar-refractivity contribution in [2.45, 2.75) is 31.1 Å². The lowest BCUT2D eigenvalue weighted by atomic mass is 10.0. The van der Waals surface area contributed by atoms with Crippen LogP contribution in [0.4, 0.5) is 23.4 Å². The molecule has 4 heterocycles. The number of nitrogens with one attached hydrogen (secondary N) is 1. The number of pyridine rings is 2. The smallest absolute Gasteiger partial charge is 0.364 e. The number of hydrogen-bond acceptors (Lipinski definition) is 6. The maximum Gasteiger partial charge on any atom is 0.434 e. The maximum atomic E-state index is 14.3. The molecule has 1 saturated heterocycles. The topological polar surface area (TPSA) is 83.9 Å². The van der Waals surface area contributed by atoms with Gasteiger partial charge in [-0.05, 0) is 43.0 Å². The van der Waals surface area contributed by atoms with E-state index in [1.54, 1.807) is 17.0 Å². The second-order valence-electron chi connectivity index (χ2n) is 8.13. The fraction of sp³-hybridized carbons (Fsp3) is 0.318. The number of rotatable bonds is 4. The van der Waals surface area contributed by atoms with Crippen LogP contribution < -0.4 is 5.32 Å². The minimum absolute atomic E-state index is 0.000472. The van der Waals surface area contributed by atoms with Crippen LogP contribution in [0.1, 0.15) is 28.9 Å². The molecule has 1 amide bonds. The van der Waals surface area contributed by atoms with Gasteiger partial charge in [-0.15, -0.1) is 0 Å². The molecule has 3 aromatic heterocycles. The van der Waals surface area contributed by atoms with Gasteiger partial charge in [0, 0.05) is 25.0 Å². The lowest BCUT2D eigenvalue weighted by Crippen LogP contribution is -2.48. The van der Waals surface area contributed by atoms with Crippen LogP contribution in [-0.4, -0.2) is 49.4 Å². The number of amides is 1. The Morgan fingerprint density at radius 1 is 1.00 bits per heavy atom. The lowest BCUT2D eigenvalue weighted by molar-refractivity contribution is -0.141. The molecule has 0 spiro atoms. The Labute approximate surface area is 185 Å². The zero-order valence-electron chi connectivity index (χ0n) is 17.1. The molecule has 2 fully saturated rings. The highest BCUT2D eigenvalue weighted by atomic mass is 19.4. The lowest BCUT2D eigenvalue weighted by Gasteiger charge is -2.34. The number of carbonyl (C=O) groups excluding carboxylic acids is 1. The van der Waals surface area contributed by atoms with E-state index in [9.17, 15) is 22.4 Å². The van der Waals surface area contributed by atoms with Crippen LogP contribution in [0.5, 0.6) is 0 Å². The summed E-state index contributed by atoms with van der Waals surface area (Å²) >= 11 is 0. The summed E-state index contributed by atoms with van der Waals surface area (Å²) in [6, 6.07) is 5.55. The quantitative estimate of drug-likeness (QED) is 0.599. The van der Waals surface area contributed by atoms with Crippen LogP contribution in [0.25, 0.3) is 11.4 Å². The summed E-state index contributed by atoms with van der Waals surface area (Å²) in [5.41, 5.74) is -0.652. The molecule has 2 aliphatic rings. The molecule has 3 atom stereocenters. The molecule has 5 rings (SSSR count). The minimum atomic E-state index is -4.56. The first-order valence-electron chi connectivity index (χ1n) is 10.3. The number of fused-ring (bicyclic) bond motifs is 2. The first kappa shape index (κ1) is 21.2. The summed E-state index contributed by atoms with van der Waals surface area (Å²) in [6.07, 6.45) is 1.59. The molecule has 2 bridgehead atoms. The van der Waals surface area contributed by atoms with Gasteiger partial charge in [-0.2, -0.15) is 13.2 Å². The van der Waals surface area contributed by atoms with Crippen LogP contribution in [0.3, 0.4) is 0 Å². The van der Waals surface area contributed by atoms with Crippen molar-refractivity contribution in [1.82, 2.24) is 24.8 Å². The van der Waals surface area contributed by atoms with E-state index in [1.165, 1.54) is 24.5 Å². The first-order valence-corrected chi connectivity index (χ1v) is 10.3. The largest absolute Gasteiger partial charge is 0.434 e. The molecule has 1 aliphatic carbocycles. The predicted octanol–water partition coefficient (Wildman–Crippen LogP) is 3.81. The van der Waals surface area contributed by atoms with Crippen LogP contribution in [0.2, 0.25) is 0 Å². The number of carbonyl (C=O) groups is 1. The van der Waals surface area contributed by atoms with Crippen molar-refractivity contribution in [3.63, 3.8) is 0 Å². The molecular formula is C22H18F4N6O. The van der Waals surface area contributed by atoms with Crippen molar-refractivity contribution in [3.05, 3.63) is 66.1 Å². The van der Waals surface area contributed by atoms with Crippen molar-refractivity contribution >= 4 is 11.7 Å². The Balaban J connectivity index is 1.37. The van der Waals surface area contributed by atoms with Gasteiger partial charge in [-0.3, -0.25) is 14.8 Å². The Hall–Kier alpha value is -3.63. The van der Waals surface area contributed by atoms with Crippen molar-refractivity contribution in [3.8, 4) is 11.4 Å². The summed E-state index contributed by atoms with van der Waals surface area (Å²) < 4.78 is 52.5. The van der Waals surface area contributed by atoms with Gasteiger partial charge in [0.1, 0.15) is 17.2 Å². The van der Waals surface area contributed by atoms with Crippen molar-refractivity contribution < 1.29 is 22.4 Å². The first-order chi connectivity index (χ1) is 15.8. The van der Waals surface area contributed by atoms with Gasteiger partial charge >= 0.3 is 6.18 Å². The molecule has 33 heavy (non-hydrogen) atoms. The Kier molecular flexibility index (Phi) is 5.18. The molecule has 0 unspecified atom stereocenters. The maximum absolute atomic E-state index is 14.3. The van der Waals surface area contributed by atoms with Crippen molar-refractivity contribution in [2.24, 2.45) is 5.92 Å². The van der Waals surface area contributed by atoms with E-state index in [0.29, 0.717) is 12.7 Å². The van der Waals surface area contributed by atoms with Gasteiger partial charge in [0.15, 0.2) is 11.5 Å². The van der Waals surface area contributed by atoms with E-state index in [1.807, 2.05) is 0 Å². The van der Waals surface area contributed by atoms with Crippen LogP contribution >= 0.6 is 0 Å². The Bertz CT molecular complexity index is 1190. The summed E-state index contributed by atoms with van der Waals surface area (Å²) in [5, 5.41) is 3.12. The molecule has 170 valence electrons. The average molecular weight is 458 g/mol. The van der Waals surface area contributed by atoms with Crippen LogP contribution in [0.15, 0.2) is 49.1 Å². The average Bonchev–Trinajstić information content (AvgIpc) is 3.39. The van der Waals surface area contributed by atoms with E-state index in [-0.39, 0.29) is 46.7 Å². The number of alkyl halides is 3. The van der Waals surface area contributed by atoms with E-state index in [2.05, 4.69) is 25.3 Å². The van der Waals surface area contributed by atoms with Crippen molar-refractivity contribution in [2.75, 3.05) is 11.9 Å². The monoisotopic (exact) mass is 458 g/mol. The third kappa shape index (κ3) is 3.98. The van der Waals surface area contributed by atoms with E-state index < -0.39 is 17.7 Å². The van der Waals surface area contributed by atoms with Crippen molar-refractivity contribution in [1.29, 1.82) is 0 Å². The summed E-state index contributed by atoms with van der Waals surface area (Å²) in [6.45, 7) is 0.541. The number of halogens is 4. The Morgan fingerprint density at radius 2 is 1.76 bits per heavy atom. The molecular weight excluding hydrogens is 440 g/mol. The van der Waals surface area contributed by atoms with Gasteiger partial charge in [0.05, 0.1) is 24.0 Å². The third-order valence-electron chi connectivity index (χ3n) is 6.04. The molecule has 0 radical (unpaired) electrons. The summed E-state index contributed by atoms with van der Waals surface area (Å²) in [7, 11) is 0. The standard InChI is InChI=1S/C22H18F4N6O/c23-14-4-2-6-28-20(14)19-13(3-1-5-27-19)21(33)32-11-12-7-15(16(32)8-12)31-18-10-29-17(9-30-18)22(24,25)26/h1-6,9-10,12,15-16H,7-8,11H2,(H,30,31)/t12-,15-,16+/m1/s1.